The highest BCUT2D eigenvalue weighted by molar-refractivity contribution is 5.86. The second-order valence-electron chi connectivity index (χ2n) is 6.95. The molecule has 0 bridgehead atoms. The molecule has 1 aromatic heterocycles. The monoisotopic (exact) mass is 348 g/mol. The van der Waals surface area contributed by atoms with Crippen molar-refractivity contribution in [3.05, 3.63) is 23.5 Å². The van der Waals surface area contributed by atoms with Gasteiger partial charge in [-0.2, -0.15) is 0 Å². The van der Waals surface area contributed by atoms with Crippen molar-refractivity contribution in [2.75, 3.05) is 0 Å². The van der Waals surface area contributed by atoms with Gasteiger partial charge in [-0.05, 0) is 26.0 Å². The normalized spacial score (nSPS) is 35.4. The fourth-order valence-corrected chi connectivity index (χ4v) is 3.44. The Hall–Kier alpha value is -2.15. The summed E-state index contributed by atoms with van der Waals surface area (Å²) in [5.41, 5.74) is 1.27. The first-order valence-corrected chi connectivity index (χ1v) is 8.60. The lowest BCUT2D eigenvalue weighted by Gasteiger charge is -2.19. The van der Waals surface area contributed by atoms with Crippen LogP contribution in [-0.2, 0) is 25.7 Å². The highest BCUT2D eigenvalue weighted by Crippen LogP contribution is 2.34. The summed E-state index contributed by atoms with van der Waals surface area (Å²) < 4.78 is 12.3. The largest absolute Gasteiger partial charge is 0.461 e. The van der Waals surface area contributed by atoms with Crippen molar-refractivity contribution in [2.45, 2.75) is 58.6 Å². The molecule has 7 heteroatoms. The smallest absolute Gasteiger partial charge is 0.331 e. The lowest BCUT2D eigenvalue weighted by Crippen LogP contribution is -2.25. The number of carbonyl (C=O) groups is 2. The van der Waals surface area contributed by atoms with Crippen LogP contribution in [0.4, 0.5) is 0 Å². The Morgan fingerprint density at radius 3 is 2.24 bits per heavy atom. The van der Waals surface area contributed by atoms with Gasteiger partial charge in [-0.3, -0.25) is 4.99 Å². The van der Waals surface area contributed by atoms with Crippen molar-refractivity contribution >= 4 is 18.2 Å². The number of aliphatic hydroxyl groups is 1. The van der Waals surface area contributed by atoms with Crippen LogP contribution >= 0.6 is 0 Å². The molecule has 0 spiro atoms. The van der Waals surface area contributed by atoms with Gasteiger partial charge in [-0.15, -0.1) is 0 Å². The standard InChI is InChI=1S/C18H24N2O5/c1-9-11(3)24-17(22)15(9)19-7-13-5-6-14(8-21)20(13)16-10(2)12(4)25-18(16)23/h5-7,9-12,15-16,21H,8H2,1-4H3/t9-,10-,11-,12-,15+,16?/m1/s1. The number of hydrogen-bond acceptors (Lipinski definition) is 6. The third-order valence-electron chi connectivity index (χ3n) is 5.41. The molecule has 0 aliphatic carbocycles. The maximum Gasteiger partial charge on any atom is 0.331 e. The number of hydrogen-bond donors (Lipinski definition) is 1. The third kappa shape index (κ3) is 2.97. The van der Waals surface area contributed by atoms with Gasteiger partial charge in [0.2, 0.25) is 0 Å². The molecule has 2 saturated heterocycles. The SMILES string of the molecule is C[C@H]1[C@H](N=Cc2ccc(CO)n2C2C(=O)O[C@H](C)[C@H]2C)C(=O)O[C@@H]1C. The minimum atomic E-state index is -0.553. The lowest BCUT2D eigenvalue weighted by atomic mass is 9.99. The van der Waals surface area contributed by atoms with E-state index in [4.69, 9.17) is 9.47 Å². The second kappa shape index (κ2) is 6.63. The summed E-state index contributed by atoms with van der Waals surface area (Å²) in [6.07, 6.45) is 1.23. The summed E-state index contributed by atoms with van der Waals surface area (Å²) in [4.78, 5) is 28.6. The molecule has 3 heterocycles. The van der Waals surface area contributed by atoms with Gasteiger partial charge in [0, 0.05) is 23.7 Å². The molecule has 7 nitrogen and oxygen atoms in total. The number of aliphatic imine (C=N–C) groups is 1. The molecule has 0 radical (unpaired) electrons. The Bertz CT molecular complexity index is 710. The van der Waals surface area contributed by atoms with E-state index in [-0.39, 0.29) is 42.6 Å². The predicted molar refractivity (Wildman–Crippen MR) is 90.2 cm³/mol. The molecular weight excluding hydrogens is 324 g/mol. The number of aromatic nitrogens is 1. The quantitative estimate of drug-likeness (QED) is 0.657. The van der Waals surface area contributed by atoms with E-state index in [0.29, 0.717) is 11.4 Å². The second-order valence-corrected chi connectivity index (χ2v) is 6.95. The van der Waals surface area contributed by atoms with Gasteiger partial charge in [0.1, 0.15) is 18.2 Å². The summed E-state index contributed by atoms with van der Waals surface area (Å²) in [5.74, 6) is -0.700. The van der Waals surface area contributed by atoms with Crippen LogP contribution in [-0.4, -0.2) is 46.1 Å². The molecular formula is C18H24N2O5. The molecule has 136 valence electrons. The van der Waals surface area contributed by atoms with E-state index in [1.165, 1.54) is 0 Å². The molecule has 2 aliphatic rings. The van der Waals surface area contributed by atoms with Crippen molar-refractivity contribution in [3.63, 3.8) is 0 Å². The zero-order chi connectivity index (χ0) is 18.3. The number of ether oxygens (including phenoxy) is 2. The summed E-state index contributed by atoms with van der Waals surface area (Å²) in [6.45, 7) is 7.38. The summed E-state index contributed by atoms with van der Waals surface area (Å²) >= 11 is 0. The minimum Gasteiger partial charge on any atom is -0.461 e. The van der Waals surface area contributed by atoms with Gasteiger partial charge in [-0.25, -0.2) is 9.59 Å². The minimum absolute atomic E-state index is 0.0140. The van der Waals surface area contributed by atoms with Gasteiger partial charge >= 0.3 is 11.9 Å². The average Bonchev–Trinajstić information content (AvgIpc) is 3.15. The zero-order valence-electron chi connectivity index (χ0n) is 14.9. The van der Waals surface area contributed by atoms with E-state index in [1.54, 1.807) is 22.9 Å². The van der Waals surface area contributed by atoms with Crippen LogP contribution in [0.25, 0.3) is 0 Å². The Kier molecular flexibility index (Phi) is 4.69. The van der Waals surface area contributed by atoms with E-state index in [2.05, 4.69) is 4.99 Å². The molecule has 2 fully saturated rings. The van der Waals surface area contributed by atoms with Crippen LogP contribution in [0.1, 0.15) is 45.1 Å². The first-order valence-electron chi connectivity index (χ1n) is 8.60. The first-order chi connectivity index (χ1) is 11.8. The van der Waals surface area contributed by atoms with Gasteiger partial charge in [0.05, 0.1) is 12.3 Å². The van der Waals surface area contributed by atoms with Gasteiger partial charge < -0.3 is 19.1 Å². The fraction of sp³-hybridized carbons (Fsp3) is 0.611. The Labute approximate surface area is 146 Å². The molecule has 1 unspecified atom stereocenters. The van der Waals surface area contributed by atoms with Crippen LogP contribution in [0.3, 0.4) is 0 Å². The third-order valence-corrected chi connectivity index (χ3v) is 5.41. The maximum absolute atomic E-state index is 12.3. The first kappa shape index (κ1) is 17.7. The molecule has 0 saturated carbocycles. The van der Waals surface area contributed by atoms with Crippen molar-refractivity contribution in [1.82, 2.24) is 4.57 Å². The molecule has 3 rings (SSSR count). The number of rotatable bonds is 4. The van der Waals surface area contributed by atoms with Crippen molar-refractivity contribution in [2.24, 2.45) is 16.8 Å². The van der Waals surface area contributed by atoms with E-state index in [9.17, 15) is 14.7 Å². The Morgan fingerprint density at radius 1 is 1.08 bits per heavy atom. The topological polar surface area (TPSA) is 90.1 Å². The summed E-state index contributed by atoms with van der Waals surface area (Å²) in [7, 11) is 0. The van der Waals surface area contributed by atoms with E-state index >= 15 is 0 Å². The van der Waals surface area contributed by atoms with Crippen LogP contribution in [0.5, 0.6) is 0 Å². The van der Waals surface area contributed by atoms with Gasteiger partial charge in [-0.1, -0.05) is 13.8 Å². The van der Waals surface area contributed by atoms with E-state index < -0.39 is 12.1 Å². The number of carbonyl (C=O) groups excluding carboxylic acids is 2. The Balaban J connectivity index is 1.93. The summed E-state index contributed by atoms with van der Waals surface area (Å²) in [6, 6.07) is 2.47. The van der Waals surface area contributed by atoms with Crippen LogP contribution < -0.4 is 0 Å². The van der Waals surface area contributed by atoms with Crippen LogP contribution in [0.2, 0.25) is 0 Å². The Morgan fingerprint density at radius 2 is 1.72 bits per heavy atom. The number of nitrogens with zero attached hydrogens (tertiary/aromatic N) is 2. The van der Waals surface area contributed by atoms with Crippen molar-refractivity contribution in [1.29, 1.82) is 0 Å². The van der Waals surface area contributed by atoms with Gasteiger partial charge in [0.25, 0.3) is 0 Å². The molecule has 25 heavy (non-hydrogen) atoms. The van der Waals surface area contributed by atoms with Gasteiger partial charge in [0.15, 0.2) is 6.04 Å². The van der Waals surface area contributed by atoms with Crippen molar-refractivity contribution < 1.29 is 24.2 Å². The molecule has 1 aromatic rings. The number of aliphatic hydroxyl groups excluding tert-OH is 1. The lowest BCUT2D eigenvalue weighted by molar-refractivity contribution is -0.143. The van der Waals surface area contributed by atoms with E-state index in [0.717, 1.165) is 0 Å². The number of esters is 2. The van der Waals surface area contributed by atoms with Crippen molar-refractivity contribution in [3.8, 4) is 0 Å². The molecule has 0 aromatic carbocycles. The fourth-order valence-electron chi connectivity index (χ4n) is 3.44. The molecule has 2 aliphatic heterocycles. The maximum atomic E-state index is 12.3. The molecule has 1 N–H and O–H groups in total. The zero-order valence-corrected chi connectivity index (χ0v) is 14.9. The molecule has 6 atom stereocenters. The van der Waals surface area contributed by atoms with Crippen LogP contribution in [0.15, 0.2) is 17.1 Å². The highest BCUT2D eigenvalue weighted by Gasteiger charge is 2.42. The predicted octanol–water partition coefficient (Wildman–Crippen LogP) is 1.47. The van der Waals surface area contributed by atoms with Crippen LogP contribution in [0, 0.1) is 11.8 Å². The van der Waals surface area contributed by atoms with E-state index in [1.807, 2.05) is 27.7 Å². The molecule has 0 amide bonds. The average molecular weight is 348 g/mol. The highest BCUT2D eigenvalue weighted by atomic mass is 16.6. The number of cyclic esters (lactones) is 2. The summed E-state index contributed by atoms with van der Waals surface area (Å²) in [5, 5.41) is 9.64.